The number of nitrogens with one attached hydrogen (secondary N) is 2. The van der Waals surface area contributed by atoms with Crippen molar-refractivity contribution in [3.63, 3.8) is 0 Å². The Bertz CT molecular complexity index is 580. The molecule has 6 nitrogen and oxygen atoms in total. The van der Waals surface area contributed by atoms with Crippen LogP contribution in [0.25, 0.3) is 0 Å². The number of hydrogen-bond acceptors (Lipinski definition) is 4. The van der Waals surface area contributed by atoms with Crippen molar-refractivity contribution in [2.75, 3.05) is 37.7 Å². The van der Waals surface area contributed by atoms with Crippen LogP contribution in [0.15, 0.2) is 30.0 Å². The second-order valence-electron chi connectivity index (χ2n) is 6.59. The Hall–Kier alpha value is -2.08. The number of hydrogen-bond donors (Lipinski definition) is 2. The van der Waals surface area contributed by atoms with Crippen molar-refractivity contribution >= 4 is 11.8 Å². The van der Waals surface area contributed by atoms with E-state index in [4.69, 9.17) is 4.74 Å². The molecule has 2 N–H and O–H groups in total. The Morgan fingerprint density at radius 1 is 1.20 bits per heavy atom. The molecule has 1 aromatic heterocycles. The van der Waals surface area contributed by atoms with Crippen molar-refractivity contribution < 1.29 is 9.53 Å². The van der Waals surface area contributed by atoms with Gasteiger partial charge in [0.25, 0.3) is 0 Å². The topological polar surface area (TPSA) is 66.5 Å². The smallest absolute Gasteiger partial charge is 0.315 e. The molecule has 6 heteroatoms. The molecule has 0 aromatic carbocycles. The van der Waals surface area contributed by atoms with Gasteiger partial charge in [0.1, 0.15) is 5.82 Å². The first kappa shape index (κ1) is 17.7. The van der Waals surface area contributed by atoms with E-state index in [1.165, 1.54) is 31.3 Å². The summed E-state index contributed by atoms with van der Waals surface area (Å²) in [5.41, 5.74) is 2.48. The van der Waals surface area contributed by atoms with Gasteiger partial charge in [-0.3, -0.25) is 0 Å². The van der Waals surface area contributed by atoms with Crippen LogP contribution in [0, 0.1) is 0 Å². The Balaban J connectivity index is 1.36. The van der Waals surface area contributed by atoms with Crippen LogP contribution in [0.2, 0.25) is 0 Å². The molecule has 25 heavy (non-hydrogen) atoms. The molecule has 0 spiro atoms. The summed E-state index contributed by atoms with van der Waals surface area (Å²) in [6.07, 6.45) is 10.1. The van der Waals surface area contributed by atoms with Crippen molar-refractivity contribution in [2.45, 2.75) is 38.6 Å². The number of amides is 2. The van der Waals surface area contributed by atoms with Gasteiger partial charge in [0.15, 0.2) is 0 Å². The normalized spacial score (nSPS) is 17.8. The molecule has 0 unspecified atom stereocenters. The van der Waals surface area contributed by atoms with Crippen molar-refractivity contribution in [1.82, 2.24) is 15.6 Å². The summed E-state index contributed by atoms with van der Waals surface area (Å²) in [5.74, 6) is 0.970. The lowest BCUT2D eigenvalue weighted by molar-refractivity contribution is 0.122. The van der Waals surface area contributed by atoms with Gasteiger partial charge in [0.05, 0.1) is 13.2 Å². The van der Waals surface area contributed by atoms with E-state index < -0.39 is 0 Å². The van der Waals surface area contributed by atoms with E-state index in [1.54, 1.807) is 0 Å². The van der Waals surface area contributed by atoms with Gasteiger partial charge in [-0.25, -0.2) is 9.78 Å². The van der Waals surface area contributed by atoms with E-state index in [1.807, 2.05) is 18.3 Å². The molecule has 136 valence electrons. The molecule has 0 atom stereocenters. The summed E-state index contributed by atoms with van der Waals surface area (Å²) in [7, 11) is 0. The number of rotatable bonds is 6. The quantitative estimate of drug-likeness (QED) is 0.779. The largest absolute Gasteiger partial charge is 0.378 e. The number of carbonyl (C=O) groups excluding carboxylic acids is 1. The van der Waals surface area contributed by atoms with E-state index in [2.05, 4.69) is 26.6 Å². The summed E-state index contributed by atoms with van der Waals surface area (Å²) in [6.45, 7) is 4.45. The zero-order valence-corrected chi connectivity index (χ0v) is 14.8. The maximum atomic E-state index is 11.9. The Morgan fingerprint density at radius 2 is 2.08 bits per heavy atom. The molecule has 3 rings (SSSR count). The monoisotopic (exact) mass is 344 g/mol. The van der Waals surface area contributed by atoms with Gasteiger partial charge in [-0.2, -0.15) is 0 Å². The fourth-order valence-corrected chi connectivity index (χ4v) is 3.21. The van der Waals surface area contributed by atoms with Gasteiger partial charge in [0, 0.05) is 32.4 Å². The van der Waals surface area contributed by atoms with Crippen LogP contribution in [0.3, 0.4) is 0 Å². The highest BCUT2D eigenvalue weighted by Gasteiger charge is 2.12. The lowest BCUT2D eigenvalue weighted by Crippen LogP contribution is -2.37. The summed E-state index contributed by atoms with van der Waals surface area (Å²) in [5, 5.41) is 5.82. The lowest BCUT2D eigenvalue weighted by Gasteiger charge is -2.27. The van der Waals surface area contributed by atoms with Crippen LogP contribution in [-0.2, 0) is 11.3 Å². The minimum absolute atomic E-state index is 0.117. The van der Waals surface area contributed by atoms with Crippen LogP contribution in [0.5, 0.6) is 0 Å². The number of anilines is 1. The van der Waals surface area contributed by atoms with E-state index in [9.17, 15) is 4.79 Å². The molecule has 2 heterocycles. The minimum atomic E-state index is -0.117. The molecular weight excluding hydrogens is 316 g/mol. The van der Waals surface area contributed by atoms with Gasteiger partial charge in [-0.15, -0.1) is 0 Å². The zero-order chi connectivity index (χ0) is 17.3. The van der Waals surface area contributed by atoms with Gasteiger partial charge < -0.3 is 20.3 Å². The first-order valence-electron chi connectivity index (χ1n) is 9.28. The molecule has 0 radical (unpaired) electrons. The maximum absolute atomic E-state index is 11.9. The highest BCUT2D eigenvalue weighted by Crippen LogP contribution is 2.19. The van der Waals surface area contributed by atoms with Crippen molar-refractivity contribution in [2.24, 2.45) is 0 Å². The van der Waals surface area contributed by atoms with Gasteiger partial charge >= 0.3 is 6.03 Å². The minimum Gasteiger partial charge on any atom is -0.378 e. The molecule has 0 saturated carbocycles. The number of pyridine rings is 1. The molecule has 1 aliphatic heterocycles. The zero-order valence-electron chi connectivity index (χ0n) is 14.8. The highest BCUT2D eigenvalue weighted by molar-refractivity contribution is 5.73. The first-order valence-corrected chi connectivity index (χ1v) is 9.28. The number of allylic oxidation sites excluding steroid dienone is 1. The predicted octanol–water partition coefficient (Wildman–Crippen LogP) is 2.61. The number of aromatic nitrogens is 1. The lowest BCUT2D eigenvalue weighted by atomic mass is 9.97. The van der Waals surface area contributed by atoms with E-state index in [0.29, 0.717) is 13.1 Å². The van der Waals surface area contributed by atoms with Crippen LogP contribution >= 0.6 is 0 Å². The Kier molecular flexibility index (Phi) is 6.68. The third-order valence-corrected chi connectivity index (χ3v) is 4.71. The van der Waals surface area contributed by atoms with Gasteiger partial charge in [0.2, 0.25) is 0 Å². The number of nitrogens with zero attached hydrogens (tertiary/aromatic N) is 2. The predicted molar refractivity (Wildman–Crippen MR) is 98.7 cm³/mol. The number of morpholine rings is 1. The fraction of sp³-hybridized carbons (Fsp3) is 0.579. The Labute approximate surface area is 149 Å². The molecule has 2 amide bonds. The third kappa shape index (κ3) is 5.74. The summed E-state index contributed by atoms with van der Waals surface area (Å²) >= 11 is 0. The van der Waals surface area contributed by atoms with Crippen LogP contribution < -0.4 is 15.5 Å². The SMILES string of the molecule is O=C(NCCC1=CCCCC1)NCc1ccc(N2CCOCC2)nc1. The molecule has 0 bridgehead atoms. The highest BCUT2D eigenvalue weighted by atomic mass is 16.5. The maximum Gasteiger partial charge on any atom is 0.315 e. The molecule has 1 fully saturated rings. The van der Waals surface area contributed by atoms with E-state index in [-0.39, 0.29) is 6.03 Å². The second kappa shape index (κ2) is 9.42. The average molecular weight is 344 g/mol. The molecule has 1 saturated heterocycles. The molecule has 1 aliphatic carbocycles. The van der Waals surface area contributed by atoms with E-state index in [0.717, 1.165) is 44.1 Å². The van der Waals surface area contributed by atoms with Crippen LogP contribution in [0.4, 0.5) is 10.6 Å². The Morgan fingerprint density at radius 3 is 2.80 bits per heavy atom. The van der Waals surface area contributed by atoms with Crippen LogP contribution in [0.1, 0.15) is 37.7 Å². The summed E-state index contributed by atoms with van der Waals surface area (Å²) in [6, 6.07) is 3.91. The molecular formula is C19H28N4O2. The third-order valence-electron chi connectivity index (χ3n) is 4.71. The number of urea groups is 1. The summed E-state index contributed by atoms with van der Waals surface area (Å²) in [4.78, 5) is 18.6. The van der Waals surface area contributed by atoms with Gasteiger partial charge in [-0.1, -0.05) is 17.7 Å². The van der Waals surface area contributed by atoms with Gasteiger partial charge in [-0.05, 0) is 43.7 Å². The number of ether oxygens (including phenoxy) is 1. The molecule has 2 aliphatic rings. The van der Waals surface area contributed by atoms with Crippen molar-refractivity contribution in [1.29, 1.82) is 0 Å². The second-order valence-corrected chi connectivity index (χ2v) is 6.59. The molecule has 1 aromatic rings. The van der Waals surface area contributed by atoms with Crippen molar-refractivity contribution in [3.05, 3.63) is 35.5 Å². The van der Waals surface area contributed by atoms with Crippen molar-refractivity contribution in [3.8, 4) is 0 Å². The average Bonchev–Trinajstić information content (AvgIpc) is 2.68. The fourth-order valence-electron chi connectivity index (χ4n) is 3.21. The number of carbonyl (C=O) groups is 1. The first-order chi connectivity index (χ1) is 12.3. The van der Waals surface area contributed by atoms with Crippen LogP contribution in [-0.4, -0.2) is 43.9 Å². The standard InChI is InChI=1S/C19H28N4O2/c24-19(20-9-8-16-4-2-1-3-5-16)22-15-17-6-7-18(21-14-17)23-10-12-25-13-11-23/h4,6-7,14H,1-3,5,8-13,15H2,(H2,20,22,24). The van der Waals surface area contributed by atoms with E-state index >= 15 is 0 Å². The summed E-state index contributed by atoms with van der Waals surface area (Å²) < 4.78 is 5.35.